The van der Waals surface area contributed by atoms with Gasteiger partial charge >= 0.3 is 0 Å². The van der Waals surface area contributed by atoms with Crippen molar-refractivity contribution in [1.82, 2.24) is 14.6 Å². The third-order valence-corrected chi connectivity index (χ3v) is 3.57. The first-order valence-corrected chi connectivity index (χ1v) is 5.97. The van der Waals surface area contributed by atoms with Crippen LogP contribution in [0.1, 0.15) is 11.1 Å². The summed E-state index contributed by atoms with van der Waals surface area (Å²) in [6.45, 7) is 2.02. The van der Waals surface area contributed by atoms with Gasteiger partial charge in [-0.1, -0.05) is 35.6 Å². The quantitative estimate of drug-likeness (QED) is 0.641. The number of hydrogen-bond donors (Lipinski definition) is 0. The topological polar surface area (TPSA) is 47.3 Å². The number of aromatic nitrogens is 3. The van der Waals surface area contributed by atoms with Gasteiger partial charge in [-0.05, 0) is 24.1 Å². The summed E-state index contributed by atoms with van der Waals surface area (Å²) in [6, 6.07) is 7.95. The van der Waals surface area contributed by atoms with E-state index in [1.54, 1.807) is 0 Å². The summed E-state index contributed by atoms with van der Waals surface area (Å²) in [5.74, 6) is 0. The Morgan fingerprint density at radius 3 is 2.94 bits per heavy atom. The van der Waals surface area contributed by atoms with Crippen molar-refractivity contribution < 1.29 is 0 Å². The molecule has 0 N–H and O–H groups in total. The number of aryl methyl sites for hydroxylation is 1. The fourth-order valence-electron chi connectivity index (χ4n) is 1.67. The van der Waals surface area contributed by atoms with Crippen molar-refractivity contribution in [3.05, 3.63) is 56.6 Å². The van der Waals surface area contributed by atoms with Gasteiger partial charge in [0.1, 0.15) is 6.33 Å². The Kier molecular flexibility index (Phi) is 2.26. The van der Waals surface area contributed by atoms with Crippen LogP contribution in [-0.4, -0.2) is 14.6 Å². The zero-order valence-corrected chi connectivity index (χ0v) is 9.94. The fraction of sp³-hybridized carbons (Fsp3) is 0.0833. The molecular formula is C12H9N3OS. The Morgan fingerprint density at radius 1 is 1.35 bits per heavy atom. The molecule has 2 heterocycles. The molecule has 0 aliphatic heterocycles. The van der Waals surface area contributed by atoms with E-state index in [1.807, 2.05) is 37.3 Å². The molecule has 5 heteroatoms. The minimum absolute atomic E-state index is 0.106. The molecule has 0 saturated carbocycles. The van der Waals surface area contributed by atoms with Crippen LogP contribution < -0.4 is 10.1 Å². The van der Waals surface area contributed by atoms with Gasteiger partial charge in [0.2, 0.25) is 4.96 Å². The van der Waals surface area contributed by atoms with Gasteiger partial charge < -0.3 is 0 Å². The van der Waals surface area contributed by atoms with E-state index in [-0.39, 0.29) is 5.56 Å². The minimum atomic E-state index is -0.106. The molecule has 0 aliphatic carbocycles. The SMILES string of the molecule is Cc1ccccc1/C=c1\sc2ncnn2c1=O. The van der Waals surface area contributed by atoms with E-state index < -0.39 is 0 Å². The summed E-state index contributed by atoms with van der Waals surface area (Å²) in [6.07, 6.45) is 3.28. The lowest BCUT2D eigenvalue weighted by Crippen LogP contribution is -2.23. The third-order valence-electron chi connectivity index (χ3n) is 2.60. The van der Waals surface area contributed by atoms with E-state index in [1.165, 1.54) is 22.2 Å². The Balaban J connectivity index is 2.28. The lowest BCUT2D eigenvalue weighted by molar-refractivity contribution is 0.932. The number of nitrogens with zero attached hydrogens (tertiary/aromatic N) is 3. The first-order chi connectivity index (χ1) is 8.25. The molecule has 0 atom stereocenters. The lowest BCUT2D eigenvalue weighted by atomic mass is 10.1. The maximum Gasteiger partial charge on any atom is 0.291 e. The summed E-state index contributed by atoms with van der Waals surface area (Å²) in [4.78, 5) is 16.6. The van der Waals surface area contributed by atoms with Crippen LogP contribution in [0.5, 0.6) is 0 Å². The van der Waals surface area contributed by atoms with E-state index in [0.717, 1.165) is 11.1 Å². The Bertz CT molecular complexity index is 788. The molecule has 0 fully saturated rings. The molecule has 0 amide bonds. The lowest BCUT2D eigenvalue weighted by Gasteiger charge is -1.96. The highest BCUT2D eigenvalue weighted by Gasteiger charge is 2.05. The average molecular weight is 243 g/mol. The molecule has 0 aliphatic rings. The molecule has 3 aromatic rings. The van der Waals surface area contributed by atoms with Crippen molar-refractivity contribution in [2.45, 2.75) is 6.92 Å². The van der Waals surface area contributed by atoms with Gasteiger partial charge in [-0.15, -0.1) is 0 Å². The van der Waals surface area contributed by atoms with E-state index in [0.29, 0.717) is 9.49 Å². The van der Waals surface area contributed by atoms with Crippen LogP contribution in [0.25, 0.3) is 11.0 Å². The number of thiazole rings is 1. The fourth-order valence-corrected chi connectivity index (χ4v) is 2.54. The molecule has 84 valence electrons. The largest absolute Gasteiger partial charge is 0.291 e. The van der Waals surface area contributed by atoms with Gasteiger partial charge in [0.05, 0.1) is 4.53 Å². The second kappa shape index (κ2) is 3.78. The summed E-state index contributed by atoms with van der Waals surface area (Å²) in [5.41, 5.74) is 2.09. The van der Waals surface area contributed by atoms with Crippen LogP contribution in [0, 0.1) is 6.92 Å². The Morgan fingerprint density at radius 2 is 2.18 bits per heavy atom. The summed E-state index contributed by atoms with van der Waals surface area (Å²) in [5, 5.41) is 3.89. The summed E-state index contributed by atoms with van der Waals surface area (Å²) < 4.78 is 1.99. The van der Waals surface area contributed by atoms with E-state index in [9.17, 15) is 4.79 Å². The summed E-state index contributed by atoms with van der Waals surface area (Å²) in [7, 11) is 0. The second-order valence-electron chi connectivity index (χ2n) is 3.73. The van der Waals surface area contributed by atoms with Crippen LogP contribution in [0.4, 0.5) is 0 Å². The molecular weight excluding hydrogens is 234 g/mol. The van der Waals surface area contributed by atoms with Crippen LogP contribution in [-0.2, 0) is 0 Å². The number of rotatable bonds is 1. The van der Waals surface area contributed by atoms with Gasteiger partial charge in [0.15, 0.2) is 0 Å². The molecule has 17 heavy (non-hydrogen) atoms. The van der Waals surface area contributed by atoms with Crippen molar-refractivity contribution in [2.75, 3.05) is 0 Å². The van der Waals surface area contributed by atoms with Crippen molar-refractivity contribution in [3.8, 4) is 0 Å². The number of benzene rings is 1. The molecule has 0 spiro atoms. The van der Waals surface area contributed by atoms with Gasteiger partial charge in [-0.2, -0.15) is 9.61 Å². The molecule has 1 aromatic carbocycles. The Labute approximate surface area is 101 Å². The molecule has 2 aromatic heterocycles. The Hall–Kier alpha value is -2.01. The average Bonchev–Trinajstić information content (AvgIpc) is 2.87. The maximum atomic E-state index is 11.9. The molecule has 3 rings (SSSR count). The molecule has 4 nitrogen and oxygen atoms in total. The smallest absolute Gasteiger partial charge is 0.266 e. The first kappa shape index (κ1) is 10.2. The predicted molar refractivity (Wildman–Crippen MR) is 67.1 cm³/mol. The molecule has 0 saturated heterocycles. The van der Waals surface area contributed by atoms with E-state index in [4.69, 9.17) is 0 Å². The molecule has 0 unspecified atom stereocenters. The number of fused-ring (bicyclic) bond motifs is 1. The van der Waals surface area contributed by atoms with Crippen LogP contribution >= 0.6 is 11.3 Å². The van der Waals surface area contributed by atoms with Crippen molar-refractivity contribution in [2.24, 2.45) is 0 Å². The first-order valence-electron chi connectivity index (χ1n) is 5.15. The third kappa shape index (κ3) is 1.64. The number of hydrogen-bond acceptors (Lipinski definition) is 4. The van der Waals surface area contributed by atoms with E-state index >= 15 is 0 Å². The van der Waals surface area contributed by atoms with Crippen LogP contribution in [0.3, 0.4) is 0 Å². The van der Waals surface area contributed by atoms with Gasteiger partial charge in [0, 0.05) is 0 Å². The van der Waals surface area contributed by atoms with Gasteiger partial charge in [0.25, 0.3) is 5.56 Å². The zero-order chi connectivity index (χ0) is 11.8. The van der Waals surface area contributed by atoms with Crippen LogP contribution in [0.15, 0.2) is 35.4 Å². The zero-order valence-electron chi connectivity index (χ0n) is 9.12. The molecule has 0 radical (unpaired) electrons. The normalized spacial score (nSPS) is 12.4. The monoisotopic (exact) mass is 243 g/mol. The second-order valence-corrected chi connectivity index (χ2v) is 4.74. The van der Waals surface area contributed by atoms with Crippen molar-refractivity contribution in [3.63, 3.8) is 0 Å². The standard InChI is InChI=1S/C12H9N3OS/c1-8-4-2-3-5-9(8)6-10-11(16)15-12(17-10)13-7-14-15/h2-7H,1H3/b10-6-. The van der Waals surface area contributed by atoms with Crippen LogP contribution in [0.2, 0.25) is 0 Å². The van der Waals surface area contributed by atoms with E-state index in [2.05, 4.69) is 10.1 Å². The highest BCUT2D eigenvalue weighted by Crippen LogP contribution is 2.07. The summed E-state index contributed by atoms with van der Waals surface area (Å²) >= 11 is 1.36. The minimum Gasteiger partial charge on any atom is -0.266 e. The molecule has 0 bridgehead atoms. The van der Waals surface area contributed by atoms with Crippen molar-refractivity contribution >= 4 is 22.4 Å². The predicted octanol–water partition coefficient (Wildman–Crippen LogP) is 1.01. The van der Waals surface area contributed by atoms with Gasteiger partial charge in [-0.3, -0.25) is 4.79 Å². The highest BCUT2D eigenvalue weighted by molar-refractivity contribution is 7.15. The van der Waals surface area contributed by atoms with Gasteiger partial charge in [-0.25, -0.2) is 4.98 Å². The maximum absolute atomic E-state index is 11.9. The van der Waals surface area contributed by atoms with Crippen molar-refractivity contribution in [1.29, 1.82) is 0 Å². The highest BCUT2D eigenvalue weighted by atomic mass is 32.1.